The van der Waals surface area contributed by atoms with E-state index in [1.54, 1.807) is 4.72 Å². The summed E-state index contributed by atoms with van der Waals surface area (Å²) in [5, 5.41) is 0. The fraction of sp³-hybridized carbons (Fsp3) is 0.556. The Hall–Kier alpha value is -1.66. The second kappa shape index (κ2) is 6.87. The van der Waals surface area contributed by atoms with Crippen molar-refractivity contribution in [3.8, 4) is 0 Å². The van der Waals surface area contributed by atoms with Crippen molar-refractivity contribution in [3.63, 3.8) is 0 Å². The summed E-state index contributed by atoms with van der Waals surface area (Å²) in [5.74, 6) is -0.943. The molecule has 0 saturated heterocycles. The lowest BCUT2D eigenvalue weighted by Gasteiger charge is -2.16. The maximum Gasteiger partial charge on any atom is 0.402 e. The molecule has 1 atom stereocenters. The summed E-state index contributed by atoms with van der Waals surface area (Å²) in [5.41, 5.74) is 0.406. The van der Waals surface area contributed by atoms with Crippen molar-refractivity contribution < 1.29 is 31.1 Å². The van der Waals surface area contributed by atoms with E-state index < -0.39 is 34.9 Å². The van der Waals surface area contributed by atoms with Gasteiger partial charge in [0.05, 0.1) is 13.4 Å². The number of carbonyl (C=O) groups is 1. The third-order valence-corrected chi connectivity index (χ3v) is 3.34. The molecule has 1 aromatic rings. The lowest BCUT2D eigenvalue weighted by Crippen LogP contribution is -2.49. The smallest absolute Gasteiger partial charge is 0.402 e. The number of nitrogens with zero attached hydrogens (tertiary/aromatic N) is 1. The molecule has 21 heavy (non-hydrogen) atoms. The molecule has 1 aromatic heterocycles. The zero-order valence-electron chi connectivity index (χ0n) is 10.8. The van der Waals surface area contributed by atoms with Gasteiger partial charge >= 0.3 is 12.1 Å². The number of carbonyl (C=O) groups excluding carboxylic acids is 1. The molecule has 1 rings (SSSR count). The Kier molecular flexibility index (Phi) is 5.69. The quantitative estimate of drug-likeness (QED) is 0.582. The number of aromatic nitrogens is 2. The van der Waals surface area contributed by atoms with E-state index in [1.165, 1.54) is 17.2 Å². The molecule has 0 spiro atoms. The summed E-state index contributed by atoms with van der Waals surface area (Å²) in [6, 6.07) is -1.39. The summed E-state index contributed by atoms with van der Waals surface area (Å²) in [6.07, 6.45) is -2.22. The highest BCUT2D eigenvalue weighted by molar-refractivity contribution is 7.87. The molecule has 0 unspecified atom stereocenters. The van der Waals surface area contributed by atoms with Gasteiger partial charge in [0.1, 0.15) is 12.6 Å². The van der Waals surface area contributed by atoms with Gasteiger partial charge in [-0.25, -0.2) is 4.98 Å². The van der Waals surface area contributed by atoms with Crippen molar-refractivity contribution in [2.75, 3.05) is 13.7 Å². The SMILES string of the molecule is COC(=O)[C@H](Cc1cnc[nH]1)NS(=O)(=O)NCC(F)(F)F. The molecule has 0 bridgehead atoms. The van der Waals surface area contributed by atoms with E-state index in [-0.39, 0.29) is 6.42 Å². The Morgan fingerprint density at radius 2 is 2.19 bits per heavy atom. The fourth-order valence-corrected chi connectivity index (χ4v) is 2.33. The number of rotatable bonds is 7. The van der Waals surface area contributed by atoms with Gasteiger partial charge in [0, 0.05) is 18.3 Å². The molecule has 8 nitrogen and oxygen atoms in total. The summed E-state index contributed by atoms with van der Waals surface area (Å²) in [4.78, 5) is 17.8. The normalized spacial score (nSPS) is 13.9. The van der Waals surface area contributed by atoms with E-state index in [0.29, 0.717) is 5.69 Å². The molecule has 12 heteroatoms. The van der Waals surface area contributed by atoms with Crippen LogP contribution < -0.4 is 9.44 Å². The number of alkyl halides is 3. The first-order valence-corrected chi connectivity index (χ1v) is 7.00. The molecule has 0 amide bonds. The highest BCUT2D eigenvalue weighted by Crippen LogP contribution is 2.12. The second-order valence-electron chi connectivity index (χ2n) is 3.91. The van der Waals surface area contributed by atoms with E-state index >= 15 is 0 Å². The minimum atomic E-state index is -4.71. The van der Waals surface area contributed by atoms with Gasteiger partial charge in [0.2, 0.25) is 0 Å². The fourth-order valence-electron chi connectivity index (χ4n) is 1.34. The third kappa shape index (κ3) is 6.55. The lowest BCUT2D eigenvalue weighted by atomic mass is 10.2. The molecular formula is C9H13F3N4O4S. The predicted molar refractivity (Wildman–Crippen MR) is 64.2 cm³/mol. The molecule has 0 fully saturated rings. The number of nitrogens with one attached hydrogen (secondary N) is 3. The van der Waals surface area contributed by atoms with E-state index in [0.717, 1.165) is 7.11 Å². The molecular weight excluding hydrogens is 317 g/mol. The number of methoxy groups -OCH3 is 1. The number of H-pyrrole nitrogens is 1. The Labute approximate surface area is 118 Å². The average molecular weight is 330 g/mol. The van der Waals surface area contributed by atoms with Gasteiger partial charge in [-0.3, -0.25) is 4.79 Å². The molecule has 0 aliphatic carbocycles. The molecule has 0 radical (unpaired) electrons. The highest BCUT2D eigenvalue weighted by Gasteiger charge is 2.32. The third-order valence-electron chi connectivity index (χ3n) is 2.22. The van der Waals surface area contributed by atoms with Gasteiger partial charge < -0.3 is 9.72 Å². The van der Waals surface area contributed by atoms with E-state index in [9.17, 15) is 26.4 Å². The van der Waals surface area contributed by atoms with Gasteiger partial charge in [-0.15, -0.1) is 0 Å². The van der Waals surface area contributed by atoms with Crippen molar-refractivity contribution in [3.05, 3.63) is 18.2 Å². The summed E-state index contributed by atoms with van der Waals surface area (Å²) >= 11 is 0. The van der Waals surface area contributed by atoms with Gasteiger partial charge in [-0.05, 0) is 0 Å². The number of imidazole rings is 1. The van der Waals surface area contributed by atoms with Crippen LogP contribution in [0.5, 0.6) is 0 Å². The van der Waals surface area contributed by atoms with Crippen molar-refractivity contribution in [2.45, 2.75) is 18.6 Å². The van der Waals surface area contributed by atoms with Crippen LogP contribution in [0.15, 0.2) is 12.5 Å². The predicted octanol–water partition coefficient (Wildman–Crippen LogP) is -0.520. The Morgan fingerprint density at radius 3 is 2.67 bits per heavy atom. The molecule has 3 N–H and O–H groups in total. The van der Waals surface area contributed by atoms with E-state index in [1.807, 2.05) is 0 Å². The van der Waals surface area contributed by atoms with Gasteiger partial charge in [0.25, 0.3) is 10.2 Å². The Bertz CT molecular complexity index is 558. The number of hydrogen-bond donors (Lipinski definition) is 3. The van der Waals surface area contributed by atoms with Crippen LogP contribution >= 0.6 is 0 Å². The van der Waals surface area contributed by atoms with Crippen LogP contribution in [0.1, 0.15) is 5.69 Å². The van der Waals surface area contributed by atoms with Gasteiger partial charge in [0.15, 0.2) is 0 Å². The molecule has 0 saturated carbocycles. The summed E-state index contributed by atoms with van der Waals surface area (Å²) in [7, 11) is -3.50. The van der Waals surface area contributed by atoms with Crippen molar-refractivity contribution in [1.29, 1.82) is 0 Å². The monoisotopic (exact) mass is 330 g/mol. The number of esters is 1. The molecule has 120 valence electrons. The van der Waals surface area contributed by atoms with Crippen molar-refractivity contribution >= 4 is 16.2 Å². The van der Waals surface area contributed by atoms with Crippen LogP contribution in [0.3, 0.4) is 0 Å². The maximum absolute atomic E-state index is 12.0. The molecule has 1 heterocycles. The Balaban J connectivity index is 2.73. The first-order chi connectivity index (χ1) is 9.63. The van der Waals surface area contributed by atoms with Crippen molar-refractivity contribution in [2.24, 2.45) is 0 Å². The summed E-state index contributed by atoms with van der Waals surface area (Å²) in [6.45, 7) is -1.75. The minimum Gasteiger partial charge on any atom is -0.468 e. The molecule has 0 aliphatic rings. The zero-order valence-corrected chi connectivity index (χ0v) is 11.6. The lowest BCUT2D eigenvalue weighted by molar-refractivity contribution is -0.142. The topological polar surface area (TPSA) is 113 Å². The number of hydrogen-bond acceptors (Lipinski definition) is 5. The van der Waals surface area contributed by atoms with Crippen LogP contribution in [0, 0.1) is 0 Å². The van der Waals surface area contributed by atoms with Crippen LogP contribution in [0.4, 0.5) is 13.2 Å². The van der Waals surface area contributed by atoms with Crippen LogP contribution in [0.25, 0.3) is 0 Å². The van der Waals surface area contributed by atoms with Crippen LogP contribution in [-0.4, -0.2) is 50.2 Å². The van der Waals surface area contributed by atoms with E-state index in [4.69, 9.17) is 0 Å². The first-order valence-electron chi connectivity index (χ1n) is 5.52. The second-order valence-corrected chi connectivity index (χ2v) is 5.45. The number of aromatic amines is 1. The van der Waals surface area contributed by atoms with Gasteiger partial charge in [-0.1, -0.05) is 0 Å². The summed E-state index contributed by atoms with van der Waals surface area (Å²) < 4.78 is 66.4. The van der Waals surface area contributed by atoms with Crippen LogP contribution in [-0.2, 0) is 26.2 Å². The molecule has 0 aliphatic heterocycles. The zero-order chi connectivity index (χ0) is 16.1. The van der Waals surface area contributed by atoms with Crippen molar-refractivity contribution in [1.82, 2.24) is 19.4 Å². The first kappa shape index (κ1) is 17.4. The highest BCUT2D eigenvalue weighted by atomic mass is 32.2. The Morgan fingerprint density at radius 1 is 1.52 bits per heavy atom. The average Bonchev–Trinajstić information content (AvgIpc) is 2.87. The van der Waals surface area contributed by atoms with Crippen LogP contribution in [0.2, 0.25) is 0 Å². The number of ether oxygens (including phenoxy) is 1. The standard InChI is InChI=1S/C9H13F3N4O4S/c1-20-8(17)7(2-6-3-13-5-14-6)16-21(18,19)15-4-9(10,11)12/h3,5,7,15-16H,2,4H2,1H3,(H,13,14)/t7-/m0/s1. The number of halogens is 3. The maximum atomic E-state index is 12.0. The minimum absolute atomic E-state index is 0.153. The molecule has 0 aromatic carbocycles. The van der Waals surface area contributed by atoms with E-state index in [2.05, 4.69) is 14.7 Å². The largest absolute Gasteiger partial charge is 0.468 e. The van der Waals surface area contributed by atoms with Gasteiger partial charge in [-0.2, -0.15) is 31.0 Å².